The molecule has 0 bridgehead atoms. The highest BCUT2D eigenvalue weighted by atomic mass is 79.9. The highest BCUT2D eigenvalue weighted by molar-refractivity contribution is 9.10. The van der Waals surface area contributed by atoms with Crippen LogP contribution in [0.2, 0.25) is 0 Å². The summed E-state index contributed by atoms with van der Waals surface area (Å²) < 4.78 is 28.0. The molecule has 0 saturated carbocycles. The predicted octanol–water partition coefficient (Wildman–Crippen LogP) is 3.89. The van der Waals surface area contributed by atoms with Gasteiger partial charge in [-0.15, -0.1) is 0 Å². The lowest BCUT2D eigenvalue weighted by Crippen LogP contribution is -2.23. The van der Waals surface area contributed by atoms with Crippen LogP contribution in [0.15, 0.2) is 46.0 Å². The Morgan fingerprint density at radius 2 is 2.03 bits per heavy atom. The SMILES string of the molecule is Nc1c(Br)c(C2CCS(=O)(=O)CC2)nc2c(-c3ccn(-c4ccsc4)c3)cnn12. The van der Waals surface area contributed by atoms with E-state index in [0.29, 0.717) is 28.8 Å². The number of nitrogen functional groups attached to an aromatic ring is 1. The Balaban J connectivity index is 1.59. The molecule has 4 aromatic heterocycles. The second-order valence-corrected chi connectivity index (χ2v) is 11.1. The number of nitrogens with zero attached hydrogens (tertiary/aromatic N) is 4. The van der Waals surface area contributed by atoms with Gasteiger partial charge in [0.25, 0.3) is 0 Å². The van der Waals surface area contributed by atoms with Crippen LogP contribution in [0.1, 0.15) is 24.5 Å². The first-order chi connectivity index (χ1) is 13.9. The predicted molar refractivity (Wildman–Crippen MR) is 118 cm³/mol. The smallest absolute Gasteiger partial charge is 0.165 e. The zero-order chi connectivity index (χ0) is 20.2. The van der Waals surface area contributed by atoms with E-state index >= 15 is 0 Å². The Bertz CT molecular complexity index is 1290. The number of fused-ring (bicyclic) bond motifs is 1. The number of hydrogen-bond donors (Lipinski definition) is 1. The molecule has 0 atom stereocenters. The summed E-state index contributed by atoms with van der Waals surface area (Å²) in [4.78, 5) is 4.89. The second-order valence-electron chi connectivity index (χ2n) is 7.21. The topological polar surface area (TPSA) is 95.3 Å². The molecule has 7 nitrogen and oxygen atoms in total. The third-order valence-electron chi connectivity index (χ3n) is 5.40. The van der Waals surface area contributed by atoms with Crippen LogP contribution in [0.5, 0.6) is 0 Å². The van der Waals surface area contributed by atoms with Crippen molar-refractivity contribution in [3.05, 3.63) is 51.7 Å². The second kappa shape index (κ2) is 6.96. The summed E-state index contributed by atoms with van der Waals surface area (Å²) >= 11 is 5.21. The van der Waals surface area contributed by atoms with Crippen molar-refractivity contribution in [1.82, 2.24) is 19.2 Å². The first-order valence-electron chi connectivity index (χ1n) is 9.17. The minimum atomic E-state index is -2.94. The molecule has 0 amide bonds. The normalized spacial score (nSPS) is 17.1. The van der Waals surface area contributed by atoms with E-state index in [1.54, 1.807) is 22.0 Å². The van der Waals surface area contributed by atoms with Gasteiger partial charge >= 0.3 is 0 Å². The number of hydrogen-bond acceptors (Lipinski definition) is 6. The Kier molecular flexibility index (Phi) is 4.52. The van der Waals surface area contributed by atoms with E-state index in [9.17, 15) is 8.42 Å². The number of rotatable bonds is 3. The van der Waals surface area contributed by atoms with E-state index in [2.05, 4.69) is 37.0 Å². The van der Waals surface area contributed by atoms with Crippen LogP contribution in [0.3, 0.4) is 0 Å². The molecule has 150 valence electrons. The highest BCUT2D eigenvalue weighted by Gasteiger charge is 2.29. The fourth-order valence-electron chi connectivity index (χ4n) is 3.77. The zero-order valence-corrected chi connectivity index (χ0v) is 18.5. The van der Waals surface area contributed by atoms with E-state index in [1.807, 2.05) is 23.8 Å². The molecule has 2 N–H and O–H groups in total. The van der Waals surface area contributed by atoms with Crippen LogP contribution >= 0.6 is 27.3 Å². The molecule has 10 heteroatoms. The minimum absolute atomic E-state index is 0.0540. The van der Waals surface area contributed by atoms with Crippen LogP contribution in [-0.2, 0) is 9.84 Å². The van der Waals surface area contributed by atoms with Gasteiger partial charge in [-0.3, -0.25) is 0 Å². The lowest BCUT2D eigenvalue weighted by Gasteiger charge is -2.23. The molecule has 29 heavy (non-hydrogen) atoms. The van der Waals surface area contributed by atoms with Gasteiger partial charge in [-0.1, -0.05) is 0 Å². The molecule has 4 aromatic rings. The summed E-state index contributed by atoms with van der Waals surface area (Å²) in [6, 6.07) is 4.09. The lowest BCUT2D eigenvalue weighted by atomic mass is 9.98. The summed E-state index contributed by atoms with van der Waals surface area (Å²) in [5.41, 5.74) is 10.8. The maximum atomic E-state index is 11.8. The van der Waals surface area contributed by atoms with E-state index in [0.717, 1.165) is 22.5 Å². The van der Waals surface area contributed by atoms with Gasteiger partial charge in [0.05, 0.1) is 33.6 Å². The lowest BCUT2D eigenvalue weighted by molar-refractivity contribution is 0.543. The van der Waals surface area contributed by atoms with Crippen molar-refractivity contribution in [2.75, 3.05) is 17.2 Å². The molecule has 1 aliphatic rings. The van der Waals surface area contributed by atoms with Crippen molar-refractivity contribution in [3.8, 4) is 16.8 Å². The Morgan fingerprint density at radius 3 is 2.76 bits per heavy atom. The largest absolute Gasteiger partial charge is 0.383 e. The van der Waals surface area contributed by atoms with Crippen LogP contribution in [0, 0.1) is 0 Å². The number of aromatic nitrogens is 4. The van der Waals surface area contributed by atoms with Crippen molar-refractivity contribution in [2.24, 2.45) is 0 Å². The van der Waals surface area contributed by atoms with Crippen molar-refractivity contribution in [3.63, 3.8) is 0 Å². The number of nitrogens with two attached hydrogens (primary N) is 1. The van der Waals surface area contributed by atoms with Gasteiger partial charge in [-0.25, -0.2) is 13.4 Å². The van der Waals surface area contributed by atoms with Gasteiger partial charge in [0.2, 0.25) is 0 Å². The molecule has 0 unspecified atom stereocenters. The van der Waals surface area contributed by atoms with Gasteiger partial charge in [0.15, 0.2) is 5.65 Å². The van der Waals surface area contributed by atoms with Gasteiger partial charge < -0.3 is 10.3 Å². The molecule has 1 aliphatic heterocycles. The van der Waals surface area contributed by atoms with Crippen molar-refractivity contribution in [2.45, 2.75) is 18.8 Å². The summed E-state index contributed by atoms with van der Waals surface area (Å²) in [6.07, 6.45) is 6.94. The fourth-order valence-corrected chi connectivity index (χ4v) is 6.48. The minimum Gasteiger partial charge on any atom is -0.383 e. The molecular weight excluding hydrogens is 474 g/mol. The van der Waals surface area contributed by atoms with E-state index in [4.69, 9.17) is 10.7 Å². The molecule has 0 spiro atoms. The third-order valence-corrected chi connectivity index (χ3v) is 8.60. The monoisotopic (exact) mass is 491 g/mol. The summed E-state index contributed by atoms with van der Waals surface area (Å²) in [5.74, 6) is 0.902. The molecule has 0 aromatic carbocycles. The molecular formula is C19H18BrN5O2S2. The maximum Gasteiger partial charge on any atom is 0.165 e. The van der Waals surface area contributed by atoms with Crippen molar-refractivity contribution < 1.29 is 8.42 Å². The quantitative estimate of drug-likeness (QED) is 0.468. The molecule has 5 rings (SSSR count). The van der Waals surface area contributed by atoms with Crippen molar-refractivity contribution in [1.29, 1.82) is 0 Å². The van der Waals surface area contributed by atoms with Crippen LogP contribution in [0.4, 0.5) is 5.82 Å². The van der Waals surface area contributed by atoms with Crippen LogP contribution in [-0.4, -0.2) is 39.1 Å². The van der Waals surface area contributed by atoms with Crippen LogP contribution in [0.25, 0.3) is 22.5 Å². The van der Waals surface area contributed by atoms with E-state index < -0.39 is 9.84 Å². The van der Waals surface area contributed by atoms with Crippen LogP contribution < -0.4 is 5.73 Å². The van der Waals surface area contributed by atoms with Crippen molar-refractivity contribution >= 4 is 48.6 Å². The van der Waals surface area contributed by atoms with Gasteiger partial charge in [-0.2, -0.15) is 21.0 Å². The first kappa shape index (κ1) is 18.8. The fraction of sp³-hybridized carbons (Fsp3) is 0.263. The first-order valence-corrected chi connectivity index (χ1v) is 12.7. The summed E-state index contributed by atoms with van der Waals surface area (Å²) in [5, 5.41) is 8.56. The molecule has 0 aliphatic carbocycles. The molecule has 5 heterocycles. The number of sulfone groups is 1. The summed E-state index contributed by atoms with van der Waals surface area (Å²) in [6.45, 7) is 0. The molecule has 0 radical (unpaired) electrons. The molecule has 1 fully saturated rings. The zero-order valence-electron chi connectivity index (χ0n) is 15.3. The Labute approximate surface area is 180 Å². The number of halogens is 1. The Hall–Kier alpha value is -2.17. The van der Waals surface area contributed by atoms with E-state index in [1.165, 1.54) is 0 Å². The van der Waals surface area contributed by atoms with Gasteiger partial charge in [0, 0.05) is 34.8 Å². The standard InChI is InChI=1S/C19H18BrN5O2S2/c20-16-17(12-3-7-29(26,27)8-4-12)23-19-15(9-22-25(19)18(16)21)13-1-5-24(10-13)14-2-6-28-11-14/h1-2,5-6,9-12H,3-4,7-8,21H2. The maximum absolute atomic E-state index is 11.8. The average molecular weight is 492 g/mol. The number of anilines is 1. The summed E-state index contributed by atoms with van der Waals surface area (Å²) in [7, 11) is -2.94. The highest BCUT2D eigenvalue weighted by Crippen LogP contribution is 2.37. The number of thiophene rings is 1. The average Bonchev–Trinajstić information content (AvgIpc) is 3.44. The molecule has 1 saturated heterocycles. The Morgan fingerprint density at radius 1 is 1.24 bits per heavy atom. The third kappa shape index (κ3) is 3.28. The van der Waals surface area contributed by atoms with Gasteiger partial charge in [0.1, 0.15) is 15.7 Å². The van der Waals surface area contributed by atoms with Gasteiger partial charge in [-0.05, 0) is 46.3 Å². The van der Waals surface area contributed by atoms with E-state index in [-0.39, 0.29) is 17.4 Å².